The van der Waals surface area contributed by atoms with E-state index in [4.69, 9.17) is 0 Å². The Bertz CT molecular complexity index is 1870. The van der Waals surface area contributed by atoms with E-state index in [1.807, 2.05) is 0 Å². The van der Waals surface area contributed by atoms with Crippen molar-refractivity contribution in [2.24, 2.45) is 7.05 Å². The van der Waals surface area contributed by atoms with Gasteiger partial charge in [-0.25, -0.2) is 4.57 Å². The molecule has 2 heteroatoms. The van der Waals surface area contributed by atoms with Crippen LogP contribution in [0.2, 0.25) is 0 Å². The van der Waals surface area contributed by atoms with E-state index in [0.29, 0.717) is 5.92 Å². The zero-order valence-corrected chi connectivity index (χ0v) is 18.9. The van der Waals surface area contributed by atoms with Crippen molar-refractivity contribution in [1.29, 1.82) is 0 Å². The second kappa shape index (κ2) is 5.98. The molecule has 0 atom stereocenters. The number of pyridine rings is 2. The van der Waals surface area contributed by atoms with Crippen molar-refractivity contribution in [1.82, 2.24) is 4.40 Å². The van der Waals surface area contributed by atoms with Gasteiger partial charge in [-0.1, -0.05) is 62.4 Å². The van der Waals surface area contributed by atoms with Gasteiger partial charge in [-0.2, -0.15) is 0 Å². The van der Waals surface area contributed by atoms with Crippen LogP contribution in [0.3, 0.4) is 0 Å². The van der Waals surface area contributed by atoms with Gasteiger partial charge in [0, 0.05) is 22.2 Å². The van der Waals surface area contributed by atoms with E-state index in [2.05, 4.69) is 110 Å². The molecule has 0 aliphatic carbocycles. The van der Waals surface area contributed by atoms with Crippen LogP contribution < -0.4 is 4.57 Å². The molecule has 3 heterocycles. The summed E-state index contributed by atoms with van der Waals surface area (Å²) in [5, 5.41) is 9.35. The molecule has 2 nitrogen and oxygen atoms in total. The minimum absolute atomic E-state index is 0.512. The standard InChI is InChI=1S/C30H25N2/c1-17(2)19-10-12-21-20(15-19)16-26-28-23(21)13-14-31(4)30(28)27-18(3)9-11-24-22-7-5-6-8-25(22)32(26)29(24)27/h5-17H,1-4H3/q+1. The van der Waals surface area contributed by atoms with Crippen LogP contribution in [0.5, 0.6) is 0 Å². The predicted octanol–water partition coefficient (Wildman–Crippen LogP) is 7.40. The maximum absolute atomic E-state index is 2.52. The lowest BCUT2D eigenvalue weighted by atomic mass is 9.93. The highest BCUT2D eigenvalue weighted by atomic mass is 15.0. The van der Waals surface area contributed by atoms with Crippen LogP contribution >= 0.6 is 0 Å². The number of benzene rings is 4. The molecule has 0 fully saturated rings. The van der Waals surface area contributed by atoms with Gasteiger partial charge in [-0.15, -0.1) is 0 Å². The molecule has 0 saturated heterocycles. The molecule has 0 bridgehead atoms. The van der Waals surface area contributed by atoms with Crippen molar-refractivity contribution >= 4 is 59.8 Å². The van der Waals surface area contributed by atoms with Gasteiger partial charge in [-0.3, -0.25) is 0 Å². The fourth-order valence-corrected chi connectivity index (χ4v) is 5.84. The number of para-hydroxylation sites is 1. The van der Waals surface area contributed by atoms with E-state index in [-0.39, 0.29) is 0 Å². The van der Waals surface area contributed by atoms with Gasteiger partial charge in [0.25, 0.3) is 0 Å². The molecule has 3 aromatic heterocycles. The third-order valence-corrected chi connectivity index (χ3v) is 7.43. The molecule has 0 aliphatic rings. The first-order chi connectivity index (χ1) is 15.5. The Labute approximate surface area is 186 Å². The van der Waals surface area contributed by atoms with Crippen molar-refractivity contribution < 1.29 is 4.57 Å². The topological polar surface area (TPSA) is 8.29 Å². The number of rotatable bonds is 1. The van der Waals surface area contributed by atoms with Crippen molar-refractivity contribution in [3.63, 3.8) is 0 Å². The lowest BCUT2D eigenvalue weighted by molar-refractivity contribution is -0.643. The van der Waals surface area contributed by atoms with E-state index in [1.54, 1.807) is 0 Å². The Morgan fingerprint density at radius 2 is 1.56 bits per heavy atom. The Hall–Kier alpha value is -3.65. The molecular weight excluding hydrogens is 388 g/mol. The summed E-state index contributed by atoms with van der Waals surface area (Å²) < 4.78 is 4.83. The highest BCUT2D eigenvalue weighted by Crippen LogP contribution is 2.42. The number of hydrogen-bond acceptors (Lipinski definition) is 0. The average molecular weight is 414 g/mol. The van der Waals surface area contributed by atoms with Crippen molar-refractivity contribution in [2.75, 3.05) is 0 Å². The number of fused-ring (bicyclic) bond motifs is 7. The quantitative estimate of drug-likeness (QED) is 0.151. The highest BCUT2D eigenvalue weighted by Gasteiger charge is 2.24. The van der Waals surface area contributed by atoms with Crippen molar-refractivity contribution in [3.8, 4) is 0 Å². The maximum atomic E-state index is 2.52. The van der Waals surface area contributed by atoms with Crippen LogP contribution in [-0.4, -0.2) is 4.40 Å². The maximum Gasteiger partial charge on any atom is 0.224 e. The van der Waals surface area contributed by atoms with Gasteiger partial charge in [0.2, 0.25) is 5.52 Å². The largest absolute Gasteiger partial charge is 0.307 e. The summed E-state index contributed by atoms with van der Waals surface area (Å²) in [4.78, 5) is 0. The summed E-state index contributed by atoms with van der Waals surface area (Å²) in [6, 6.07) is 25.2. The van der Waals surface area contributed by atoms with Crippen LogP contribution in [0.15, 0.2) is 72.9 Å². The molecular formula is C30H25N2+. The van der Waals surface area contributed by atoms with Gasteiger partial charge < -0.3 is 4.40 Å². The second-order valence-corrected chi connectivity index (χ2v) is 9.60. The van der Waals surface area contributed by atoms with Crippen molar-refractivity contribution in [2.45, 2.75) is 26.7 Å². The molecule has 0 aliphatic heterocycles. The van der Waals surface area contributed by atoms with Crippen LogP contribution in [-0.2, 0) is 7.05 Å². The molecule has 0 radical (unpaired) electrons. The van der Waals surface area contributed by atoms with Gasteiger partial charge in [0.15, 0.2) is 6.20 Å². The number of hydrogen-bond donors (Lipinski definition) is 0. The van der Waals surface area contributed by atoms with E-state index < -0.39 is 0 Å². The lowest BCUT2D eigenvalue weighted by Gasteiger charge is -2.15. The Morgan fingerprint density at radius 3 is 2.41 bits per heavy atom. The summed E-state index contributed by atoms with van der Waals surface area (Å²) in [5.41, 5.74) is 7.95. The molecule has 7 rings (SSSR count). The Kier molecular flexibility index (Phi) is 3.36. The number of aryl methyl sites for hydroxylation is 2. The summed E-state index contributed by atoms with van der Waals surface area (Å²) >= 11 is 0. The third-order valence-electron chi connectivity index (χ3n) is 7.43. The fourth-order valence-electron chi connectivity index (χ4n) is 5.84. The smallest absolute Gasteiger partial charge is 0.224 e. The van der Waals surface area contributed by atoms with Gasteiger partial charge in [0.05, 0.1) is 27.3 Å². The molecule has 32 heavy (non-hydrogen) atoms. The molecule has 0 saturated carbocycles. The van der Waals surface area contributed by atoms with Crippen LogP contribution in [0, 0.1) is 6.92 Å². The zero-order chi connectivity index (χ0) is 21.7. The molecule has 0 amide bonds. The molecule has 0 N–H and O–H groups in total. The molecule has 4 aromatic carbocycles. The lowest BCUT2D eigenvalue weighted by Crippen LogP contribution is -2.29. The van der Waals surface area contributed by atoms with Gasteiger partial charge >= 0.3 is 0 Å². The number of nitrogens with zero attached hydrogens (tertiary/aromatic N) is 2. The summed E-state index contributed by atoms with van der Waals surface area (Å²) in [5.74, 6) is 0.512. The molecule has 0 spiro atoms. The first-order valence-electron chi connectivity index (χ1n) is 11.5. The second-order valence-electron chi connectivity index (χ2n) is 9.60. The summed E-state index contributed by atoms with van der Waals surface area (Å²) in [6.07, 6.45) is 2.23. The van der Waals surface area contributed by atoms with Gasteiger partial charge in [-0.05, 0) is 46.9 Å². The van der Waals surface area contributed by atoms with Crippen LogP contribution in [0.4, 0.5) is 0 Å². The first-order valence-corrected chi connectivity index (χ1v) is 11.5. The van der Waals surface area contributed by atoms with Gasteiger partial charge in [0.1, 0.15) is 7.05 Å². The van der Waals surface area contributed by atoms with E-state index in [0.717, 1.165) is 0 Å². The minimum atomic E-state index is 0.512. The minimum Gasteiger partial charge on any atom is -0.307 e. The molecule has 154 valence electrons. The Morgan fingerprint density at radius 1 is 0.750 bits per heavy atom. The molecule has 0 unspecified atom stereocenters. The Balaban J connectivity index is 1.90. The van der Waals surface area contributed by atoms with E-state index in [9.17, 15) is 0 Å². The zero-order valence-electron chi connectivity index (χ0n) is 18.9. The monoisotopic (exact) mass is 413 g/mol. The summed E-state index contributed by atoms with van der Waals surface area (Å²) in [6.45, 7) is 6.79. The SMILES string of the molecule is Cc1ccc2c3ccccc3n3c4cc5cc(C(C)C)ccc5c5cc[n+](C)c(c1c23)c54. The fraction of sp³-hybridized carbons (Fsp3) is 0.167. The highest BCUT2D eigenvalue weighted by molar-refractivity contribution is 6.29. The first kappa shape index (κ1) is 18.0. The van der Waals surface area contributed by atoms with Crippen LogP contribution in [0.25, 0.3) is 59.8 Å². The average Bonchev–Trinajstić information content (AvgIpc) is 3.13. The van der Waals surface area contributed by atoms with Crippen molar-refractivity contribution in [3.05, 3.63) is 84.1 Å². The predicted molar refractivity (Wildman–Crippen MR) is 136 cm³/mol. The normalized spacial score (nSPS) is 12.7. The third kappa shape index (κ3) is 2.07. The summed E-state index contributed by atoms with van der Waals surface area (Å²) in [7, 11) is 2.18. The van der Waals surface area contributed by atoms with E-state index >= 15 is 0 Å². The number of aromatic nitrogens is 2. The van der Waals surface area contributed by atoms with E-state index in [1.165, 1.54) is 70.9 Å². The van der Waals surface area contributed by atoms with Crippen LogP contribution in [0.1, 0.15) is 30.9 Å². The molecule has 7 aromatic rings.